The first-order valence-electron chi connectivity index (χ1n) is 6.82. The monoisotopic (exact) mass is 299 g/mol. The average molecular weight is 299 g/mol. The summed E-state index contributed by atoms with van der Waals surface area (Å²) in [5, 5.41) is 0. The third kappa shape index (κ3) is 5.40. The van der Waals surface area contributed by atoms with Crippen LogP contribution in [0.25, 0.3) is 0 Å². The summed E-state index contributed by atoms with van der Waals surface area (Å²) in [7, 11) is -1.31. The van der Waals surface area contributed by atoms with Gasteiger partial charge in [0.1, 0.15) is 13.8 Å². The maximum atomic E-state index is 13.0. The molecule has 2 rings (SSSR count). The Morgan fingerprint density at radius 2 is 1.81 bits per heavy atom. The van der Waals surface area contributed by atoms with E-state index in [-0.39, 0.29) is 5.88 Å². The molecule has 1 aromatic heterocycles. The normalized spacial score (nSPS) is 10.7. The summed E-state index contributed by atoms with van der Waals surface area (Å²) in [5.74, 6) is 3.56. The molecule has 0 aliphatic rings. The molecule has 0 saturated heterocycles. The fraction of sp³-hybridized carbons (Fsp3) is 0.235. The van der Waals surface area contributed by atoms with Gasteiger partial charge in [0.15, 0.2) is 0 Å². The summed E-state index contributed by atoms with van der Waals surface area (Å²) in [4.78, 5) is 3.66. The van der Waals surface area contributed by atoms with E-state index in [1.807, 2.05) is 24.3 Å². The Labute approximate surface area is 126 Å². The van der Waals surface area contributed by atoms with E-state index in [9.17, 15) is 4.39 Å². The summed E-state index contributed by atoms with van der Waals surface area (Å²) >= 11 is 0. The molecule has 0 radical (unpaired) electrons. The van der Waals surface area contributed by atoms with Crippen molar-refractivity contribution >= 4 is 8.07 Å². The Kier molecular flexibility index (Phi) is 4.76. The van der Waals surface area contributed by atoms with Gasteiger partial charge in [-0.3, -0.25) is 0 Å². The molecule has 0 amide bonds. The summed E-state index contributed by atoms with van der Waals surface area (Å²) < 4.78 is 18.5. The van der Waals surface area contributed by atoms with Crippen molar-refractivity contribution in [1.29, 1.82) is 0 Å². The van der Waals surface area contributed by atoms with Crippen molar-refractivity contribution in [2.75, 3.05) is 0 Å². The van der Waals surface area contributed by atoms with E-state index in [4.69, 9.17) is 4.74 Å². The highest BCUT2D eigenvalue weighted by atomic mass is 28.3. The number of hydrogen-bond donors (Lipinski definition) is 0. The maximum Gasteiger partial charge on any atom is 0.221 e. The Bertz CT molecular complexity index is 666. The van der Waals surface area contributed by atoms with Crippen LogP contribution in [0.5, 0.6) is 11.6 Å². The summed E-state index contributed by atoms with van der Waals surface area (Å²) in [6.45, 7) is 6.68. The zero-order valence-corrected chi connectivity index (χ0v) is 13.5. The predicted molar refractivity (Wildman–Crippen MR) is 85.5 cm³/mol. The van der Waals surface area contributed by atoms with Crippen LogP contribution in [0, 0.1) is 17.4 Å². The van der Waals surface area contributed by atoms with Gasteiger partial charge in [0, 0.05) is 12.5 Å². The van der Waals surface area contributed by atoms with E-state index in [0.29, 0.717) is 5.75 Å². The van der Waals surface area contributed by atoms with Crippen molar-refractivity contribution in [3.05, 3.63) is 54.0 Å². The van der Waals surface area contributed by atoms with Crippen LogP contribution in [-0.2, 0) is 6.42 Å². The van der Waals surface area contributed by atoms with Crippen molar-refractivity contribution in [3.8, 4) is 23.1 Å². The molecule has 1 heterocycles. The van der Waals surface area contributed by atoms with Crippen LogP contribution in [0.4, 0.5) is 4.39 Å². The van der Waals surface area contributed by atoms with Crippen LogP contribution in [0.2, 0.25) is 19.6 Å². The van der Waals surface area contributed by atoms with Gasteiger partial charge in [0.25, 0.3) is 0 Å². The zero-order chi connectivity index (χ0) is 15.3. The van der Waals surface area contributed by atoms with Crippen LogP contribution >= 0.6 is 0 Å². The lowest BCUT2D eigenvalue weighted by Gasteiger charge is -2.05. The molecule has 21 heavy (non-hydrogen) atoms. The number of aromatic nitrogens is 1. The minimum absolute atomic E-state index is 0.251. The van der Waals surface area contributed by atoms with Crippen molar-refractivity contribution in [2.45, 2.75) is 26.1 Å². The van der Waals surface area contributed by atoms with Gasteiger partial charge in [-0.25, -0.2) is 0 Å². The van der Waals surface area contributed by atoms with Crippen molar-refractivity contribution in [2.24, 2.45) is 0 Å². The minimum Gasteiger partial charge on any atom is -0.439 e. The van der Waals surface area contributed by atoms with Gasteiger partial charge in [0.2, 0.25) is 11.8 Å². The van der Waals surface area contributed by atoms with E-state index >= 15 is 0 Å². The second-order valence-electron chi connectivity index (χ2n) is 5.77. The Morgan fingerprint density at radius 1 is 1.10 bits per heavy atom. The third-order valence-corrected chi connectivity index (χ3v) is 3.52. The SMILES string of the molecule is C[Si](C)(C)C#CCc1ccc(Oc2cccc(F)n2)cc1. The largest absolute Gasteiger partial charge is 0.439 e. The molecule has 1 aromatic carbocycles. The van der Waals surface area contributed by atoms with E-state index < -0.39 is 14.0 Å². The van der Waals surface area contributed by atoms with Crippen molar-refractivity contribution < 1.29 is 9.13 Å². The van der Waals surface area contributed by atoms with Gasteiger partial charge in [-0.1, -0.05) is 37.8 Å². The molecule has 108 valence electrons. The highest BCUT2D eigenvalue weighted by Gasteiger charge is 2.07. The summed E-state index contributed by atoms with van der Waals surface area (Å²) in [6.07, 6.45) is 0.739. The molecule has 0 aliphatic heterocycles. The van der Waals surface area contributed by atoms with Crippen molar-refractivity contribution in [1.82, 2.24) is 4.98 Å². The van der Waals surface area contributed by atoms with E-state index in [1.54, 1.807) is 12.1 Å². The minimum atomic E-state index is -1.31. The maximum absolute atomic E-state index is 13.0. The van der Waals surface area contributed by atoms with Gasteiger partial charge in [0.05, 0.1) is 0 Å². The first-order chi connectivity index (χ1) is 9.92. The molecule has 0 unspecified atom stereocenters. The zero-order valence-electron chi connectivity index (χ0n) is 12.5. The summed E-state index contributed by atoms with van der Waals surface area (Å²) in [6, 6.07) is 12.1. The van der Waals surface area contributed by atoms with Crippen LogP contribution in [-0.4, -0.2) is 13.1 Å². The molecule has 0 aliphatic carbocycles. The number of hydrogen-bond acceptors (Lipinski definition) is 2. The van der Waals surface area contributed by atoms with Gasteiger partial charge >= 0.3 is 0 Å². The van der Waals surface area contributed by atoms with Crippen LogP contribution in [0.3, 0.4) is 0 Å². The number of nitrogens with zero attached hydrogens (tertiary/aromatic N) is 1. The molecule has 0 atom stereocenters. The number of rotatable bonds is 3. The molecule has 4 heteroatoms. The first-order valence-corrected chi connectivity index (χ1v) is 10.3. The fourth-order valence-corrected chi connectivity index (χ4v) is 2.27. The fourth-order valence-electron chi connectivity index (χ4n) is 1.65. The predicted octanol–water partition coefficient (Wildman–Crippen LogP) is 4.44. The second-order valence-corrected chi connectivity index (χ2v) is 10.5. The topological polar surface area (TPSA) is 22.1 Å². The number of pyridine rings is 1. The van der Waals surface area contributed by atoms with Crippen LogP contribution < -0.4 is 4.74 Å². The molecular weight excluding hydrogens is 281 g/mol. The Balaban J connectivity index is 2.00. The van der Waals surface area contributed by atoms with Gasteiger partial charge in [-0.2, -0.15) is 9.37 Å². The number of benzene rings is 1. The Hall–Kier alpha value is -2.12. The first kappa shape index (κ1) is 15.3. The highest BCUT2D eigenvalue weighted by molar-refractivity contribution is 6.83. The number of halogens is 1. The van der Waals surface area contributed by atoms with Crippen molar-refractivity contribution in [3.63, 3.8) is 0 Å². The average Bonchev–Trinajstić information content (AvgIpc) is 2.39. The molecule has 0 bridgehead atoms. The number of ether oxygens (including phenoxy) is 1. The Morgan fingerprint density at radius 3 is 2.43 bits per heavy atom. The van der Waals surface area contributed by atoms with Gasteiger partial charge in [-0.15, -0.1) is 11.5 Å². The molecule has 0 N–H and O–H groups in total. The lowest BCUT2D eigenvalue weighted by molar-refractivity contribution is 0.445. The molecule has 0 fully saturated rings. The van der Waals surface area contributed by atoms with Gasteiger partial charge in [-0.05, 0) is 23.8 Å². The smallest absolute Gasteiger partial charge is 0.221 e. The molecule has 2 nitrogen and oxygen atoms in total. The second kappa shape index (κ2) is 6.55. The third-order valence-electron chi connectivity index (χ3n) is 2.59. The lowest BCUT2D eigenvalue weighted by Crippen LogP contribution is -2.16. The van der Waals surface area contributed by atoms with E-state index in [0.717, 1.165) is 12.0 Å². The van der Waals surface area contributed by atoms with E-state index in [2.05, 4.69) is 36.1 Å². The van der Waals surface area contributed by atoms with Crippen LogP contribution in [0.15, 0.2) is 42.5 Å². The molecule has 2 aromatic rings. The van der Waals surface area contributed by atoms with Gasteiger partial charge < -0.3 is 4.74 Å². The quantitative estimate of drug-likeness (QED) is 0.475. The summed E-state index contributed by atoms with van der Waals surface area (Å²) in [5.41, 5.74) is 4.48. The molecule has 0 spiro atoms. The molecular formula is C17H18FNOSi. The van der Waals surface area contributed by atoms with Crippen LogP contribution in [0.1, 0.15) is 5.56 Å². The lowest BCUT2D eigenvalue weighted by atomic mass is 10.1. The highest BCUT2D eigenvalue weighted by Crippen LogP contribution is 2.19. The standard InChI is InChI=1S/C17H18FNOSi/c1-21(2,3)13-5-6-14-9-11-15(12-10-14)20-17-8-4-7-16(18)19-17/h4,7-12H,6H2,1-3H3. The van der Waals surface area contributed by atoms with E-state index in [1.165, 1.54) is 6.07 Å². The molecule has 0 saturated carbocycles.